The van der Waals surface area contributed by atoms with Crippen LogP contribution in [-0.2, 0) is 37.0 Å². The van der Waals surface area contributed by atoms with Crippen LogP contribution in [-0.4, -0.2) is 31.1 Å². The van der Waals surface area contributed by atoms with E-state index < -0.39 is 0 Å². The van der Waals surface area contributed by atoms with E-state index >= 15 is 0 Å². The number of rotatable bonds is 11. The summed E-state index contributed by atoms with van der Waals surface area (Å²) in [5.41, 5.74) is 3.17. The van der Waals surface area contributed by atoms with Crippen molar-refractivity contribution < 1.29 is 23.7 Å². The minimum Gasteiger partial charge on any atom is -0.461 e. The number of benzene rings is 3. The van der Waals surface area contributed by atoms with Gasteiger partial charge in [0.25, 0.3) is 0 Å². The quantitative estimate of drug-likeness (QED) is 0.196. The zero-order valence-corrected chi connectivity index (χ0v) is 19.8. The summed E-state index contributed by atoms with van der Waals surface area (Å²) in [6.45, 7) is 0.952. The van der Waals surface area contributed by atoms with Gasteiger partial charge >= 0.3 is 5.97 Å². The molecule has 1 fully saturated rings. The lowest BCUT2D eigenvalue weighted by Gasteiger charge is -2.33. The van der Waals surface area contributed by atoms with Crippen molar-refractivity contribution in [1.29, 1.82) is 0 Å². The van der Waals surface area contributed by atoms with Crippen LogP contribution < -0.4 is 0 Å². The van der Waals surface area contributed by atoms with Gasteiger partial charge in [-0.15, -0.1) is 0 Å². The summed E-state index contributed by atoms with van der Waals surface area (Å²) < 4.78 is 23.5. The topological polar surface area (TPSA) is 54.0 Å². The van der Waals surface area contributed by atoms with Crippen molar-refractivity contribution >= 4 is 12.0 Å². The molecular weight excluding hydrogens is 440 g/mol. The molecule has 5 nitrogen and oxygen atoms in total. The Kier molecular flexibility index (Phi) is 9.65. The lowest BCUT2D eigenvalue weighted by Crippen LogP contribution is -2.38. The average molecular weight is 473 g/mol. The highest BCUT2D eigenvalue weighted by Gasteiger charge is 2.31. The van der Waals surface area contributed by atoms with Crippen LogP contribution in [0.4, 0.5) is 0 Å². The van der Waals surface area contributed by atoms with Gasteiger partial charge < -0.3 is 18.9 Å². The van der Waals surface area contributed by atoms with E-state index in [1.54, 1.807) is 0 Å². The molecule has 0 radical (unpaired) electrons. The normalized spacial score (nSPS) is 20.1. The molecule has 4 rings (SSSR count). The van der Waals surface area contributed by atoms with Crippen LogP contribution in [0.2, 0.25) is 0 Å². The third kappa shape index (κ3) is 8.80. The molecule has 0 aliphatic carbocycles. The van der Waals surface area contributed by atoms with Crippen molar-refractivity contribution in [1.82, 2.24) is 0 Å². The molecule has 182 valence electrons. The molecule has 35 heavy (non-hydrogen) atoms. The maximum Gasteiger partial charge on any atom is 0.308 e. The highest BCUT2D eigenvalue weighted by atomic mass is 16.7. The Bertz CT molecular complexity index is 1040. The number of hydrogen-bond acceptors (Lipinski definition) is 5. The lowest BCUT2D eigenvalue weighted by atomic mass is 9.98. The van der Waals surface area contributed by atoms with Gasteiger partial charge in [0.15, 0.2) is 0 Å². The molecular formula is C30H32O5. The Morgan fingerprint density at radius 1 is 0.829 bits per heavy atom. The molecule has 0 bridgehead atoms. The fourth-order valence-corrected chi connectivity index (χ4v) is 4.04. The van der Waals surface area contributed by atoms with Gasteiger partial charge in [0.05, 0.1) is 31.3 Å². The summed E-state index contributed by atoms with van der Waals surface area (Å²) in [4.78, 5) is 12.5. The monoisotopic (exact) mass is 472 g/mol. The molecule has 0 aromatic heterocycles. The predicted molar refractivity (Wildman–Crippen MR) is 135 cm³/mol. The van der Waals surface area contributed by atoms with E-state index in [4.69, 9.17) is 18.9 Å². The molecule has 0 amide bonds. The van der Waals surface area contributed by atoms with Crippen LogP contribution in [0.15, 0.2) is 97.1 Å². The highest BCUT2D eigenvalue weighted by Crippen LogP contribution is 2.26. The van der Waals surface area contributed by atoms with Crippen molar-refractivity contribution in [2.75, 3.05) is 6.79 Å². The van der Waals surface area contributed by atoms with Crippen molar-refractivity contribution in [2.24, 2.45) is 0 Å². The van der Waals surface area contributed by atoms with Crippen molar-refractivity contribution in [2.45, 2.75) is 50.8 Å². The first-order valence-electron chi connectivity index (χ1n) is 12.1. The van der Waals surface area contributed by atoms with E-state index in [1.807, 2.05) is 103 Å². The molecule has 5 heteroatoms. The molecule has 1 heterocycles. The molecule has 1 aliphatic heterocycles. The first-order chi connectivity index (χ1) is 17.2. The van der Waals surface area contributed by atoms with Crippen LogP contribution in [0, 0.1) is 0 Å². The summed E-state index contributed by atoms with van der Waals surface area (Å²) in [6.07, 6.45) is 5.08. The van der Waals surface area contributed by atoms with Gasteiger partial charge in [0, 0.05) is 12.8 Å². The fraction of sp³-hybridized carbons (Fsp3) is 0.300. The largest absolute Gasteiger partial charge is 0.461 e. The number of ether oxygens (including phenoxy) is 4. The molecule has 0 N–H and O–H groups in total. The smallest absolute Gasteiger partial charge is 0.308 e. The standard InChI is InChI=1S/C30H32O5/c31-30(33-22-26-14-8-3-9-15-26)20-29-19-28(34-23-32-21-25-12-6-2-7-13-25)18-27(35-29)17-16-24-10-4-1-5-11-24/h1-17,27-29H,18-23H2/b17-16+/t27-,28+,29-/m0/s1. The summed E-state index contributed by atoms with van der Waals surface area (Å²) >= 11 is 0. The Morgan fingerprint density at radius 3 is 2.14 bits per heavy atom. The third-order valence-corrected chi connectivity index (χ3v) is 5.83. The second-order valence-electron chi connectivity index (χ2n) is 8.63. The van der Waals surface area contributed by atoms with E-state index in [2.05, 4.69) is 0 Å². The highest BCUT2D eigenvalue weighted by molar-refractivity contribution is 5.70. The van der Waals surface area contributed by atoms with E-state index in [9.17, 15) is 4.79 Å². The van der Waals surface area contributed by atoms with Gasteiger partial charge in [-0.25, -0.2) is 0 Å². The second-order valence-corrected chi connectivity index (χ2v) is 8.63. The van der Waals surface area contributed by atoms with E-state index in [0.717, 1.165) is 16.7 Å². The van der Waals surface area contributed by atoms with Gasteiger partial charge in [-0.05, 0) is 16.7 Å². The Balaban J connectivity index is 1.30. The third-order valence-electron chi connectivity index (χ3n) is 5.83. The first kappa shape index (κ1) is 24.9. The number of esters is 1. The van der Waals surface area contributed by atoms with Gasteiger partial charge in [-0.3, -0.25) is 4.79 Å². The fourth-order valence-electron chi connectivity index (χ4n) is 4.04. The molecule has 0 saturated carbocycles. The molecule has 3 atom stereocenters. The maximum absolute atomic E-state index is 12.5. The van der Waals surface area contributed by atoms with E-state index in [-0.39, 0.29) is 44.1 Å². The van der Waals surface area contributed by atoms with Gasteiger partial charge in [0.1, 0.15) is 13.4 Å². The molecule has 0 unspecified atom stereocenters. The summed E-state index contributed by atoms with van der Waals surface area (Å²) in [5.74, 6) is -0.273. The summed E-state index contributed by atoms with van der Waals surface area (Å²) in [5, 5.41) is 0. The SMILES string of the molecule is O=C(C[C@@H]1C[C@H](OCOCc2ccccc2)C[C@H](/C=C/c2ccccc2)O1)OCc1ccccc1. The Morgan fingerprint density at radius 2 is 1.46 bits per heavy atom. The summed E-state index contributed by atoms with van der Waals surface area (Å²) in [7, 11) is 0. The van der Waals surface area contributed by atoms with Crippen molar-refractivity contribution in [3.8, 4) is 0 Å². The zero-order chi connectivity index (χ0) is 24.1. The molecule has 3 aromatic carbocycles. The minimum atomic E-state index is -0.281. The number of carbonyl (C=O) groups is 1. The lowest BCUT2D eigenvalue weighted by molar-refractivity contribution is -0.163. The van der Waals surface area contributed by atoms with Gasteiger partial charge in [0.2, 0.25) is 0 Å². The van der Waals surface area contributed by atoms with E-state index in [0.29, 0.717) is 19.4 Å². The van der Waals surface area contributed by atoms with Crippen molar-refractivity contribution in [3.63, 3.8) is 0 Å². The van der Waals surface area contributed by atoms with Gasteiger partial charge in [-0.1, -0.05) is 103 Å². The van der Waals surface area contributed by atoms with Crippen LogP contribution in [0.3, 0.4) is 0 Å². The first-order valence-corrected chi connectivity index (χ1v) is 12.1. The number of hydrogen-bond donors (Lipinski definition) is 0. The predicted octanol–water partition coefficient (Wildman–Crippen LogP) is 5.94. The molecule has 0 spiro atoms. The van der Waals surface area contributed by atoms with Crippen LogP contribution in [0.25, 0.3) is 6.08 Å². The second kappa shape index (κ2) is 13.6. The minimum absolute atomic E-state index is 0.0723. The van der Waals surface area contributed by atoms with Crippen LogP contribution in [0.1, 0.15) is 36.0 Å². The molecule has 1 saturated heterocycles. The Labute approximate surface area is 207 Å². The number of carbonyl (C=O) groups excluding carboxylic acids is 1. The molecule has 3 aromatic rings. The van der Waals surface area contributed by atoms with Gasteiger partial charge in [-0.2, -0.15) is 0 Å². The van der Waals surface area contributed by atoms with Crippen LogP contribution >= 0.6 is 0 Å². The maximum atomic E-state index is 12.5. The molecule has 1 aliphatic rings. The van der Waals surface area contributed by atoms with Crippen LogP contribution in [0.5, 0.6) is 0 Å². The zero-order valence-electron chi connectivity index (χ0n) is 19.8. The average Bonchev–Trinajstić information content (AvgIpc) is 2.90. The Hall–Kier alpha value is -3.25. The van der Waals surface area contributed by atoms with Crippen molar-refractivity contribution in [3.05, 3.63) is 114 Å². The van der Waals surface area contributed by atoms with E-state index in [1.165, 1.54) is 0 Å². The summed E-state index contributed by atoms with van der Waals surface area (Å²) in [6, 6.07) is 29.8.